The molecular weight excluding hydrogens is 308 g/mol. The Bertz CT molecular complexity index is 478. The second-order valence-corrected chi connectivity index (χ2v) is 7.19. The lowest BCUT2D eigenvalue weighted by Gasteiger charge is -2.14. The molecule has 2 unspecified atom stereocenters. The van der Waals surface area contributed by atoms with Gasteiger partial charge in [-0.25, -0.2) is 0 Å². The maximum absolute atomic E-state index is 12.1. The van der Waals surface area contributed by atoms with Crippen LogP contribution in [0.3, 0.4) is 0 Å². The molecule has 1 amide bonds. The van der Waals surface area contributed by atoms with E-state index in [1.165, 1.54) is 37.0 Å². The van der Waals surface area contributed by atoms with Crippen LogP contribution < -0.4 is 10.6 Å². The number of aliphatic hydroxyl groups is 1. The molecule has 0 bridgehead atoms. The third-order valence-corrected chi connectivity index (χ3v) is 5.22. The Morgan fingerprint density at radius 1 is 1.30 bits per heavy atom. The molecular formula is C18H28N2O2S. The highest BCUT2D eigenvalue weighted by molar-refractivity contribution is 7.98. The summed E-state index contributed by atoms with van der Waals surface area (Å²) in [5.41, 5.74) is 2.06. The second-order valence-electron chi connectivity index (χ2n) is 6.09. The molecule has 1 aromatic rings. The molecule has 128 valence electrons. The standard InChI is InChI=1S/C18H28N2O2S/c1-2-3-4-5-12-23-13-14-6-8-15(9-7-14)20-18(22)17-16(21)10-11-19-17/h6-9,16-17,19,21H,2-5,10-13H2,1H3,(H,20,22). The third-order valence-electron chi connectivity index (χ3n) is 4.10. The molecule has 1 aliphatic heterocycles. The molecule has 0 aromatic heterocycles. The Hall–Kier alpha value is -1.04. The highest BCUT2D eigenvalue weighted by Crippen LogP contribution is 2.18. The van der Waals surface area contributed by atoms with Crippen molar-refractivity contribution in [3.05, 3.63) is 29.8 Å². The van der Waals surface area contributed by atoms with Crippen molar-refractivity contribution in [2.45, 2.75) is 56.9 Å². The van der Waals surface area contributed by atoms with Crippen molar-refractivity contribution in [2.24, 2.45) is 0 Å². The molecule has 3 N–H and O–H groups in total. The summed E-state index contributed by atoms with van der Waals surface area (Å²) in [6, 6.07) is 7.51. The highest BCUT2D eigenvalue weighted by atomic mass is 32.2. The Morgan fingerprint density at radius 2 is 2.09 bits per heavy atom. The summed E-state index contributed by atoms with van der Waals surface area (Å²) in [5.74, 6) is 2.07. The maximum Gasteiger partial charge on any atom is 0.244 e. The van der Waals surface area contributed by atoms with Gasteiger partial charge in [-0.3, -0.25) is 4.79 Å². The summed E-state index contributed by atoms with van der Waals surface area (Å²) < 4.78 is 0. The lowest BCUT2D eigenvalue weighted by molar-refractivity contribution is -0.119. The van der Waals surface area contributed by atoms with Gasteiger partial charge in [-0.2, -0.15) is 11.8 Å². The lowest BCUT2D eigenvalue weighted by atomic mass is 10.1. The highest BCUT2D eigenvalue weighted by Gasteiger charge is 2.30. The van der Waals surface area contributed by atoms with Gasteiger partial charge < -0.3 is 15.7 Å². The lowest BCUT2D eigenvalue weighted by Crippen LogP contribution is -2.42. The predicted molar refractivity (Wildman–Crippen MR) is 97.8 cm³/mol. The molecule has 0 radical (unpaired) electrons. The summed E-state index contributed by atoms with van der Waals surface area (Å²) >= 11 is 1.97. The number of rotatable bonds is 9. The first-order valence-electron chi connectivity index (χ1n) is 8.59. The summed E-state index contributed by atoms with van der Waals surface area (Å²) in [7, 11) is 0. The average molecular weight is 337 g/mol. The molecule has 23 heavy (non-hydrogen) atoms. The van der Waals surface area contributed by atoms with Gasteiger partial charge in [-0.05, 0) is 42.8 Å². The molecule has 0 saturated carbocycles. The number of benzene rings is 1. The van der Waals surface area contributed by atoms with Gasteiger partial charge in [0.25, 0.3) is 0 Å². The van der Waals surface area contributed by atoms with Crippen molar-refractivity contribution in [3.63, 3.8) is 0 Å². The van der Waals surface area contributed by atoms with E-state index in [4.69, 9.17) is 0 Å². The minimum absolute atomic E-state index is 0.159. The Morgan fingerprint density at radius 3 is 2.74 bits per heavy atom. The minimum atomic E-state index is -0.585. The second kappa shape index (κ2) is 9.96. The van der Waals surface area contributed by atoms with Gasteiger partial charge >= 0.3 is 0 Å². The molecule has 5 heteroatoms. The Balaban J connectivity index is 1.70. The van der Waals surface area contributed by atoms with Gasteiger partial charge in [0.2, 0.25) is 5.91 Å². The molecule has 1 aromatic carbocycles. The largest absolute Gasteiger partial charge is 0.391 e. The van der Waals surface area contributed by atoms with Crippen LogP contribution in [0.15, 0.2) is 24.3 Å². The minimum Gasteiger partial charge on any atom is -0.391 e. The molecule has 1 aliphatic rings. The van der Waals surface area contributed by atoms with Crippen molar-refractivity contribution in [2.75, 3.05) is 17.6 Å². The quantitative estimate of drug-likeness (QED) is 0.606. The van der Waals surface area contributed by atoms with Gasteiger partial charge in [0.1, 0.15) is 6.04 Å². The third kappa shape index (κ3) is 6.16. The topological polar surface area (TPSA) is 61.4 Å². The monoisotopic (exact) mass is 336 g/mol. The molecule has 1 fully saturated rings. The fourth-order valence-electron chi connectivity index (χ4n) is 2.68. The van der Waals surface area contributed by atoms with Crippen LogP contribution in [0.4, 0.5) is 5.69 Å². The number of hydrogen-bond acceptors (Lipinski definition) is 4. The normalized spacial score (nSPS) is 20.6. The van der Waals surface area contributed by atoms with E-state index in [9.17, 15) is 9.90 Å². The van der Waals surface area contributed by atoms with E-state index >= 15 is 0 Å². The van der Waals surface area contributed by atoms with Crippen molar-refractivity contribution in [1.29, 1.82) is 0 Å². The van der Waals surface area contributed by atoms with Crippen LogP contribution in [-0.2, 0) is 10.5 Å². The van der Waals surface area contributed by atoms with Gasteiger partial charge in [0.05, 0.1) is 6.10 Å². The van der Waals surface area contributed by atoms with E-state index < -0.39 is 12.1 Å². The SMILES string of the molecule is CCCCCCSCc1ccc(NC(=O)C2NCCC2O)cc1. The first-order chi connectivity index (χ1) is 11.2. The number of amides is 1. The predicted octanol–water partition coefficient (Wildman–Crippen LogP) is 3.16. The zero-order chi connectivity index (χ0) is 16.5. The molecule has 0 spiro atoms. The van der Waals surface area contributed by atoms with Crippen LogP contribution >= 0.6 is 11.8 Å². The van der Waals surface area contributed by atoms with E-state index in [-0.39, 0.29) is 5.91 Å². The number of unbranched alkanes of at least 4 members (excludes halogenated alkanes) is 3. The van der Waals surface area contributed by atoms with Gasteiger partial charge in [0, 0.05) is 11.4 Å². The van der Waals surface area contributed by atoms with E-state index in [1.54, 1.807) is 0 Å². The molecule has 4 nitrogen and oxygen atoms in total. The van der Waals surface area contributed by atoms with Crippen LogP contribution in [-0.4, -0.2) is 35.5 Å². The smallest absolute Gasteiger partial charge is 0.244 e. The van der Waals surface area contributed by atoms with Crippen LogP contribution in [0, 0.1) is 0 Å². The average Bonchev–Trinajstić information content (AvgIpc) is 2.98. The van der Waals surface area contributed by atoms with Crippen LogP contribution in [0.5, 0.6) is 0 Å². The number of carbonyl (C=O) groups is 1. The number of thioether (sulfide) groups is 1. The zero-order valence-corrected chi connectivity index (χ0v) is 14.7. The summed E-state index contributed by atoms with van der Waals surface area (Å²) in [6.45, 7) is 2.92. The van der Waals surface area contributed by atoms with Crippen LogP contribution in [0.2, 0.25) is 0 Å². The fraction of sp³-hybridized carbons (Fsp3) is 0.611. The van der Waals surface area contributed by atoms with Gasteiger partial charge in [-0.1, -0.05) is 38.3 Å². The van der Waals surface area contributed by atoms with Gasteiger partial charge in [0.15, 0.2) is 0 Å². The molecule has 2 rings (SSSR count). The van der Waals surface area contributed by atoms with E-state index in [1.807, 2.05) is 23.9 Å². The number of anilines is 1. The first-order valence-corrected chi connectivity index (χ1v) is 9.75. The summed E-state index contributed by atoms with van der Waals surface area (Å²) in [5, 5.41) is 15.6. The van der Waals surface area contributed by atoms with Crippen molar-refractivity contribution in [3.8, 4) is 0 Å². The van der Waals surface area contributed by atoms with Crippen LogP contribution in [0.1, 0.15) is 44.6 Å². The number of carbonyl (C=O) groups excluding carboxylic acids is 1. The Labute approximate surface area is 143 Å². The van der Waals surface area contributed by atoms with Crippen molar-refractivity contribution in [1.82, 2.24) is 5.32 Å². The van der Waals surface area contributed by atoms with Gasteiger partial charge in [-0.15, -0.1) is 0 Å². The first kappa shape index (κ1) is 18.3. The maximum atomic E-state index is 12.1. The summed E-state index contributed by atoms with van der Waals surface area (Å²) in [4.78, 5) is 12.1. The molecule has 1 heterocycles. The van der Waals surface area contributed by atoms with E-state index in [2.05, 4.69) is 29.7 Å². The van der Waals surface area contributed by atoms with E-state index in [0.29, 0.717) is 13.0 Å². The van der Waals surface area contributed by atoms with Crippen molar-refractivity contribution >= 4 is 23.4 Å². The fourth-order valence-corrected chi connectivity index (χ4v) is 3.66. The number of aliphatic hydroxyl groups excluding tert-OH is 1. The van der Waals surface area contributed by atoms with E-state index in [0.717, 1.165) is 11.4 Å². The molecule has 1 saturated heterocycles. The number of hydrogen-bond donors (Lipinski definition) is 3. The number of nitrogens with one attached hydrogen (secondary N) is 2. The van der Waals surface area contributed by atoms with Crippen molar-refractivity contribution < 1.29 is 9.90 Å². The van der Waals surface area contributed by atoms with Crippen LogP contribution in [0.25, 0.3) is 0 Å². The Kier molecular flexibility index (Phi) is 7.92. The zero-order valence-electron chi connectivity index (χ0n) is 13.9. The summed E-state index contributed by atoms with van der Waals surface area (Å²) in [6.07, 6.45) is 5.29. The molecule has 0 aliphatic carbocycles. The molecule has 2 atom stereocenters.